The van der Waals surface area contributed by atoms with Gasteiger partial charge in [-0.25, -0.2) is 4.79 Å². The number of hydrogen-bond acceptors (Lipinski definition) is 1. The fourth-order valence-corrected chi connectivity index (χ4v) is 1.21. The van der Waals surface area contributed by atoms with Crippen molar-refractivity contribution in [2.75, 3.05) is 5.32 Å². The van der Waals surface area contributed by atoms with Crippen LogP contribution >= 0.6 is 0 Å². The third-order valence-corrected chi connectivity index (χ3v) is 1.88. The molecular formula is C12H18N2O. The van der Waals surface area contributed by atoms with Gasteiger partial charge in [0.1, 0.15) is 0 Å². The molecule has 0 fully saturated rings. The van der Waals surface area contributed by atoms with E-state index in [9.17, 15) is 4.79 Å². The lowest BCUT2D eigenvalue weighted by Gasteiger charge is -2.21. The second kappa shape index (κ2) is 4.34. The summed E-state index contributed by atoms with van der Waals surface area (Å²) < 4.78 is 0. The molecule has 0 heterocycles. The zero-order valence-corrected chi connectivity index (χ0v) is 9.72. The standard InChI is InChI=1S/C12H18N2O/c1-9-7-5-6-8-10(9)13-11(15)14-12(2,3)4/h5-8H,1-4H3,(H2,13,14,15). The van der Waals surface area contributed by atoms with Crippen molar-refractivity contribution in [3.63, 3.8) is 0 Å². The second-order valence-electron chi connectivity index (χ2n) is 4.64. The van der Waals surface area contributed by atoms with Gasteiger partial charge in [-0.05, 0) is 39.3 Å². The monoisotopic (exact) mass is 206 g/mol. The fourth-order valence-electron chi connectivity index (χ4n) is 1.21. The first-order valence-corrected chi connectivity index (χ1v) is 5.03. The smallest absolute Gasteiger partial charge is 0.319 e. The van der Waals surface area contributed by atoms with Crippen molar-refractivity contribution < 1.29 is 4.79 Å². The van der Waals surface area contributed by atoms with Gasteiger partial charge in [-0.1, -0.05) is 18.2 Å². The van der Waals surface area contributed by atoms with E-state index in [0.29, 0.717) is 0 Å². The minimum absolute atomic E-state index is 0.170. The summed E-state index contributed by atoms with van der Waals surface area (Å²) in [6, 6.07) is 7.53. The lowest BCUT2D eigenvalue weighted by atomic mass is 10.1. The number of para-hydroxylation sites is 1. The van der Waals surface area contributed by atoms with Crippen LogP contribution in [-0.4, -0.2) is 11.6 Å². The van der Waals surface area contributed by atoms with E-state index in [1.807, 2.05) is 52.0 Å². The average molecular weight is 206 g/mol. The Morgan fingerprint density at radius 1 is 1.20 bits per heavy atom. The van der Waals surface area contributed by atoms with Gasteiger partial charge < -0.3 is 10.6 Å². The van der Waals surface area contributed by atoms with E-state index in [4.69, 9.17) is 0 Å². The van der Waals surface area contributed by atoms with Crippen LogP contribution in [0.1, 0.15) is 26.3 Å². The minimum atomic E-state index is -0.216. The van der Waals surface area contributed by atoms with Crippen LogP contribution in [0.25, 0.3) is 0 Å². The molecule has 0 aromatic heterocycles. The van der Waals surface area contributed by atoms with Crippen molar-refractivity contribution in [1.82, 2.24) is 5.32 Å². The molecule has 2 amide bonds. The molecule has 15 heavy (non-hydrogen) atoms. The van der Waals surface area contributed by atoms with Gasteiger partial charge in [-0.15, -0.1) is 0 Å². The highest BCUT2D eigenvalue weighted by Crippen LogP contribution is 2.13. The van der Waals surface area contributed by atoms with Gasteiger partial charge >= 0.3 is 6.03 Å². The molecule has 0 unspecified atom stereocenters. The summed E-state index contributed by atoms with van der Waals surface area (Å²) in [5, 5.41) is 5.66. The van der Waals surface area contributed by atoms with Gasteiger partial charge in [0.05, 0.1) is 0 Å². The van der Waals surface area contributed by atoms with E-state index in [1.54, 1.807) is 0 Å². The number of hydrogen-bond donors (Lipinski definition) is 2. The molecule has 1 rings (SSSR count). The first-order chi connectivity index (χ1) is 6.88. The molecule has 0 spiro atoms. The molecule has 0 saturated carbocycles. The Bertz CT molecular complexity index is 353. The summed E-state index contributed by atoms with van der Waals surface area (Å²) in [6.45, 7) is 7.81. The first-order valence-electron chi connectivity index (χ1n) is 5.03. The number of carbonyl (C=O) groups excluding carboxylic acids is 1. The van der Waals surface area contributed by atoms with Crippen LogP contribution in [0.15, 0.2) is 24.3 Å². The summed E-state index contributed by atoms with van der Waals surface area (Å²) >= 11 is 0. The Balaban J connectivity index is 2.64. The van der Waals surface area contributed by atoms with E-state index in [-0.39, 0.29) is 11.6 Å². The molecular weight excluding hydrogens is 188 g/mol. The predicted molar refractivity (Wildman–Crippen MR) is 63.1 cm³/mol. The van der Waals surface area contributed by atoms with Crippen LogP contribution in [0.2, 0.25) is 0 Å². The van der Waals surface area contributed by atoms with Gasteiger partial charge in [0.15, 0.2) is 0 Å². The largest absolute Gasteiger partial charge is 0.333 e. The van der Waals surface area contributed by atoms with Gasteiger partial charge in [0.2, 0.25) is 0 Å². The Morgan fingerprint density at radius 2 is 1.80 bits per heavy atom. The van der Waals surface area contributed by atoms with Gasteiger partial charge in [-0.3, -0.25) is 0 Å². The van der Waals surface area contributed by atoms with Gasteiger partial charge in [0, 0.05) is 11.2 Å². The Labute approximate surface area is 90.9 Å². The third-order valence-electron chi connectivity index (χ3n) is 1.88. The maximum atomic E-state index is 11.6. The first kappa shape index (κ1) is 11.6. The van der Waals surface area contributed by atoms with Crippen molar-refractivity contribution in [2.45, 2.75) is 33.2 Å². The number of aryl methyl sites for hydroxylation is 1. The lowest BCUT2D eigenvalue weighted by Crippen LogP contribution is -2.43. The summed E-state index contributed by atoms with van der Waals surface area (Å²) in [4.78, 5) is 11.6. The van der Waals surface area contributed by atoms with E-state index in [1.165, 1.54) is 0 Å². The number of carbonyl (C=O) groups is 1. The van der Waals surface area contributed by atoms with Crippen LogP contribution in [0.3, 0.4) is 0 Å². The van der Waals surface area contributed by atoms with Crippen molar-refractivity contribution in [2.24, 2.45) is 0 Å². The van der Waals surface area contributed by atoms with Crippen LogP contribution in [0.4, 0.5) is 10.5 Å². The van der Waals surface area contributed by atoms with Crippen LogP contribution in [0, 0.1) is 6.92 Å². The zero-order chi connectivity index (χ0) is 11.5. The zero-order valence-electron chi connectivity index (χ0n) is 9.72. The molecule has 0 radical (unpaired) electrons. The quantitative estimate of drug-likeness (QED) is 0.728. The molecule has 0 aliphatic heterocycles. The van der Waals surface area contributed by atoms with Crippen LogP contribution in [0.5, 0.6) is 0 Å². The van der Waals surface area contributed by atoms with E-state index < -0.39 is 0 Å². The van der Waals surface area contributed by atoms with Crippen molar-refractivity contribution in [3.05, 3.63) is 29.8 Å². The fraction of sp³-hybridized carbons (Fsp3) is 0.417. The third kappa shape index (κ3) is 4.02. The average Bonchev–Trinajstić information content (AvgIpc) is 2.05. The SMILES string of the molecule is Cc1ccccc1NC(=O)NC(C)(C)C. The van der Waals surface area contributed by atoms with Crippen LogP contribution in [-0.2, 0) is 0 Å². The highest BCUT2D eigenvalue weighted by Gasteiger charge is 2.13. The molecule has 3 nitrogen and oxygen atoms in total. The highest BCUT2D eigenvalue weighted by atomic mass is 16.2. The molecule has 2 N–H and O–H groups in total. The second-order valence-corrected chi connectivity index (χ2v) is 4.64. The van der Waals surface area contributed by atoms with E-state index in [0.717, 1.165) is 11.3 Å². The Morgan fingerprint density at radius 3 is 2.33 bits per heavy atom. The summed E-state index contributed by atoms with van der Waals surface area (Å²) in [6.07, 6.45) is 0. The van der Waals surface area contributed by atoms with Gasteiger partial charge in [0.25, 0.3) is 0 Å². The molecule has 82 valence electrons. The Kier molecular flexibility index (Phi) is 3.35. The van der Waals surface area contributed by atoms with Crippen LogP contribution < -0.4 is 10.6 Å². The number of amides is 2. The topological polar surface area (TPSA) is 41.1 Å². The molecule has 1 aromatic rings. The van der Waals surface area contributed by atoms with Gasteiger partial charge in [-0.2, -0.15) is 0 Å². The minimum Gasteiger partial charge on any atom is -0.333 e. The number of benzene rings is 1. The molecule has 0 bridgehead atoms. The molecule has 0 saturated heterocycles. The normalized spacial score (nSPS) is 10.9. The molecule has 0 aliphatic carbocycles. The lowest BCUT2D eigenvalue weighted by molar-refractivity contribution is 0.244. The van der Waals surface area contributed by atoms with Crippen molar-refractivity contribution in [1.29, 1.82) is 0 Å². The van der Waals surface area contributed by atoms with Crippen molar-refractivity contribution in [3.8, 4) is 0 Å². The number of urea groups is 1. The number of anilines is 1. The molecule has 0 aliphatic rings. The highest BCUT2D eigenvalue weighted by molar-refractivity contribution is 5.90. The van der Waals surface area contributed by atoms with E-state index >= 15 is 0 Å². The maximum Gasteiger partial charge on any atom is 0.319 e. The molecule has 3 heteroatoms. The molecule has 0 atom stereocenters. The van der Waals surface area contributed by atoms with E-state index in [2.05, 4.69) is 10.6 Å². The maximum absolute atomic E-state index is 11.6. The number of nitrogens with one attached hydrogen (secondary N) is 2. The predicted octanol–water partition coefficient (Wildman–Crippen LogP) is 2.92. The Hall–Kier alpha value is -1.51. The number of rotatable bonds is 1. The summed E-state index contributed by atoms with van der Waals surface area (Å²) in [5.41, 5.74) is 1.69. The summed E-state index contributed by atoms with van der Waals surface area (Å²) in [5.74, 6) is 0. The summed E-state index contributed by atoms with van der Waals surface area (Å²) in [7, 11) is 0. The molecule has 1 aromatic carbocycles. The van der Waals surface area contributed by atoms with Crippen molar-refractivity contribution >= 4 is 11.7 Å².